The molecule has 0 radical (unpaired) electrons. The van der Waals surface area contributed by atoms with Crippen LogP contribution in [0.1, 0.15) is 28.4 Å². The molecule has 1 nitrogen and oxygen atoms in total. The van der Waals surface area contributed by atoms with Gasteiger partial charge in [-0.2, -0.15) is 8.78 Å². The Bertz CT molecular complexity index is 562. The molecule has 0 fully saturated rings. The predicted molar refractivity (Wildman–Crippen MR) is 65.9 cm³/mol. The number of benzene rings is 2. The molecule has 2 rings (SSSR count). The van der Waals surface area contributed by atoms with Crippen LogP contribution in [-0.2, 0) is 5.92 Å². The zero-order valence-corrected chi connectivity index (χ0v) is 9.86. The Labute approximate surface area is 104 Å². The van der Waals surface area contributed by atoms with E-state index in [-0.39, 0.29) is 16.9 Å². The fourth-order valence-electron chi connectivity index (χ4n) is 1.75. The maximum atomic E-state index is 14.2. The number of ketones is 1. The summed E-state index contributed by atoms with van der Waals surface area (Å²) in [5, 5.41) is 0. The Balaban J connectivity index is 2.47. The van der Waals surface area contributed by atoms with E-state index in [1.54, 1.807) is 18.2 Å². The van der Waals surface area contributed by atoms with Gasteiger partial charge in [-0.3, -0.25) is 4.79 Å². The molecule has 0 saturated carbocycles. The quantitative estimate of drug-likeness (QED) is 0.747. The molecule has 3 heteroatoms. The fourth-order valence-corrected chi connectivity index (χ4v) is 1.75. The smallest absolute Gasteiger partial charge is 0.295 e. The van der Waals surface area contributed by atoms with E-state index in [0.29, 0.717) is 5.56 Å². The number of alkyl halides is 2. The molecular weight excluding hydrogens is 234 g/mol. The summed E-state index contributed by atoms with van der Waals surface area (Å²) in [5.41, 5.74) is 0.0511. The number of hydrogen-bond acceptors (Lipinski definition) is 1. The van der Waals surface area contributed by atoms with Crippen molar-refractivity contribution in [2.45, 2.75) is 12.8 Å². The average molecular weight is 246 g/mol. The first-order valence-corrected chi connectivity index (χ1v) is 5.56. The average Bonchev–Trinajstić information content (AvgIpc) is 2.40. The van der Waals surface area contributed by atoms with E-state index in [4.69, 9.17) is 0 Å². The van der Waals surface area contributed by atoms with Gasteiger partial charge in [-0.15, -0.1) is 0 Å². The van der Waals surface area contributed by atoms with Gasteiger partial charge in [0.2, 0.25) is 0 Å². The summed E-state index contributed by atoms with van der Waals surface area (Å²) < 4.78 is 28.4. The molecule has 0 saturated heterocycles. The highest BCUT2D eigenvalue weighted by Gasteiger charge is 2.33. The number of carbonyl (C=O) groups is 1. The van der Waals surface area contributed by atoms with Crippen LogP contribution in [0.25, 0.3) is 0 Å². The fraction of sp³-hybridized carbons (Fsp3) is 0.133. The van der Waals surface area contributed by atoms with Crippen molar-refractivity contribution in [1.82, 2.24) is 0 Å². The molecule has 0 heterocycles. The van der Waals surface area contributed by atoms with Crippen molar-refractivity contribution in [1.29, 1.82) is 0 Å². The van der Waals surface area contributed by atoms with Crippen molar-refractivity contribution in [2.75, 3.05) is 0 Å². The minimum absolute atomic E-state index is 0.0781. The van der Waals surface area contributed by atoms with Gasteiger partial charge in [-0.25, -0.2) is 0 Å². The third kappa shape index (κ3) is 2.30. The first-order valence-electron chi connectivity index (χ1n) is 5.56. The summed E-state index contributed by atoms with van der Waals surface area (Å²) in [5.74, 6) is -3.31. The summed E-state index contributed by atoms with van der Waals surface area (Å²) in [4.78, 5) is 11.2. The van der Waals surface area contributed by atoms with Crippen LogP contribution in [0, 0.1) is 0 Å². The maximum absolute atomic E-state index is 14.2. The highest BCUT2D eigenvalue weighted by atomic mass is 19.3. The molecule has 0 aliphatic rings. The standard InChI is InChI=1S/C15H12F2O/c1-11(18)12-6-5-9-14(10-12)15(16,17)13-7-3-2-4-8-13/h2-10H,1H3. The largest absolute Gasteiger partial charge is 0.298 e. The van der Waals surface area contributed by atoms with Crippen LogP contribution < -0.4 is 0 Å². The molecule has 18 heavy (non-hydrogen) atoms. The lowest BCUT2D eigenvalue weighted by molar-refractivity contribution is 0.0428. The van der Waals surface area contributed by atoms with Crippen molar-refractivity contribution in [3.05, 3.63) is 71.3 Å². The lowest BCUT2D eigenvalue weighted by Crippen LogP contribution is -2.15. The Kier molecular flexibility index (Phi) is 3.24. The van der Waals surface area contributed by atoms with Crippen LogP contribution in [0.5, 0.6) is 0 Å². The molecule has 0 unspecified atom stereocenters. The van der Waals surface area contributed by atoms with E-state index in [0.717, 1.165) is 0 Å². The first-order chi connectivity index (χ1) is 8.51. The molecule has 0 bridgehead atoms. The molecule has 0 aromatic heterocycles. The highest BCUT2D eigenvalue weighted by Crippen LogP contribution is 2.35. The van der Waals surface area contributed by atoms with Crippen LogP contribution in [0.15, 0.2) is 54.6 Å². The molecule has 0 N–H and O–H groups in total. The van der Waals surface area contributed by atoms with Gasteiger partial charge in [0.1, 0.15) is 0 Å². The van der Waals surface area contributed by atoms with Crippen molar-refractivity contribution >= 4 is 5.78 Å². The van der Waals surface area contributed by atoms with Crippen molar-refractivity contribution in [3.8, 4) is 0 Å². The molecule has 0 aliphatic heterocycles. The zero-order chi connectivity index (χ0) is 13.2. The molecule has 0 amide bonds. The number of carbonyl (C=O) groups excluding carboxylic acids is 1. The van der Waals surface area contributed by atoms with E-state index in [9.17, 15) is 13.6 Å². The highest BCUT2D eigenvalue weighted by molar-refractivity contribution is 5.94. The lowest BCUT2D eigenvalue weighted by Gasteiger charge is -2.17. The Morgan fingerprint density at radius 3 is 2.17 bits per heavy atom. The van der Waals surface area contributed by atoms with E-state index in [1.165, 1.54) is 43.3 Å². The molecule has 2 aromatic carbocycles. The second-order valence-corrected chi connectivity index (χ2v) is 4.08. The molecule has 0 atom stereocenters. The molecule has 2 aromatic rings. The van der Waals surface area contributed by atoms with Gasteiger partial charge < -0.3 is 0 Å². The van der Waals surface area contributed by atoms with Crippen molar-refractivity contribution in [3.63, 3.8) is 0 Å². The van der Waals surface area contributed by atoms with Crippen molar-refractivity contribution < 1.29 is 13.6 Å². The van der Waals surface area contributed by atoms with E-state index < -0.39 is 5.92 Å². The molecule has 0 aliphatic carbocycles. The van der Waals surface area contributed by atoms with Gasteiger partial charge in [0.15, 0.2) is 5.78 Å². The number of Topliss-reactive ketones (excluding diaryl/α,β-unsaturated/α-hetero) is 1. The summed E-state index contributed by atoms with van der Waals surface area (Å²) in [6, 6.07) is 13.2. The monoisotopic (exact) mass is 246 g/mol. The predicted octanol–water partition coefficient (Wildman–Crippen LogP) is 4.03. The third-order valence-corrected chi connectivity index (χ3v) is 2.77. The summed E-state index contributed by atoms with van der Waals surface area (Å²) in [7, 11) is 0. The Hall–Kier alpha value is -2.03. The third-order valence-electron chi connectivity index (χ3n) is 2.77. The van der Waals surface area contributed by atoms with Gasteiger partial charge >= 0.3 is 0 Å². The van der Waals surface area contributed by atoms with E-state index in [1.807, 2.05) is 0 Å². The number of halogens is 2. The first kappa shape index (κ1) is 12.4. The van der Waals surface area contributed by atoms with Crippen molar-refractivity contribution in [2.24, 2.45) is 0 Å². The van der Waals surface area contributed by atoms with Gasteiger partial charge in [0.05, 0.1) is 0 Å². The van der Waals surface area contributed by atoms with Gasteiger partial charge in [-0.1, -0.05) is 48.5 Å². The van der Waals surface area contributed by atoms with Gasteiger partial charge in [-0.05, 0) is 13.0 Å². The second-order valence-electron chi connectivity index (χ2n) is 4.08. The topological polar surface area (TPSA) is 17.1 Å². The van der Waals surface area contributed by atoms with Gasteiger partial charge in [0, 0.05) is 16.7 Å². The van der Waals surface area contributed by atoms with Crippen LogP contribution in [0.3, 0.4) is 0 Å². The summed E-state index contributed by atoms with van der Waals surface area (Å²) >= 11 is 0. The summed E-state index contributed by atoms with van der Waals surface area (Å²) in [6.45, 7) is 1.36. The molecule has 92 valence electrons. The van der Waals surface area contributed by atoms with E-state index in [2.05, 4.69) is 0 Å². The van der Waals surface area contributed by atoms with Crippen LogP contribution in [0.4, 0.5) is 8.78 Å². The van der Waals surface area contributed by atoms with Crippen LogP contribution in [-0.4, -0.2) is 5.78 Å². The lowest BCUT2D eigenvalue weighted by atomic mass is 9.98. The number of hydrogen-bond donors (Lipinski definition) is 0. The minimum atomic E-state index is -3.09. The second kappa shape index (κ2) is 4.69. The molecule has 0 spiro atoms. The normalized spacial score (nSPS) is 11.3. The Morgan fingerprint density at radius 1 is 0.944 bits per heavy atom. The van der Waals surface area contributed by atoms with E-state index >= 15 is 0 Å². The van der Waals surface area contributed by atoms with Gasteiger partial charge in [0.25, 0.3) is 5.92 Å². The zero-order valence-electron chi connectivity index (χ0n) is 9.86. The maximum Gasteiger partial charge on any atom is 0.298 e. The SMILES string of the molecule is CC(=O)c1cccc(C(F)(F)c2ccccc2)c1. The minimum Gasteiger partial charge on any atom is -0.295 e. The van der Waals surface area contributed by atoms with Crippen LogP contribution in [0.2, 0.25) is 0 Å². The Morgan fingerprint density at radius 2 is 1.56 bits per heavy atom. The number of rotatable bonds is 3. The summed E-state index contributed by atoms with van der Waals surface area (Å²) in [6.07, 6.45) is 0. The van der Waals surface area contributed by atoms with Crippen LogP contribution >= 0.6 is 0 Å². The molecular formula is C15H12F2O.